The second-order valence-electron chi connectivity index (χ2n) is 12.0. The molecule has 1 aliphatic rings. The van der Waals surface area contributed by atoms with Crippen LogP contribution < -0.4 is 4.74 Å². The molecular formula is C30H41ClN2O3. The van der Waals surface area contributed by atoms with Gasteiger partial charge in [-0.15, -0.1) is 0 Å². The molecule has 0 aliphatic carbocycles. The Labute approximate surface area is 221 Å². The molecule has 0 aromatic heterocycles. The van der Waals surface area contributed by atoms with E-state index in [2.05, 4.69) is 48.5 Å². The fourth-order valence-electron chi connectivity index (χ4n) is 5.36. The van der Waals surface area contributed by atoms with E-state index in [1.807, 2.05) is 35.2 Å². The van der Waals surface area contributed by atoms with Gasteiger partial charge in [-0.1, -0.05) is 72.6 Å². The molecule has 36 heavy (non-hydrogen) atoms. The van der Waals surface area contributed by atoms with Crippen molar-refractivity contribution in [1.82, 2.24) is 4.90 Å². The van der Waals surface area contributed by atoms with Gasteiger partial charge >= 0.3 is 0 Å². The summed E-state index contributed by atoms with van der Waals surface area (Å²) in [4.78, 5) is 14.6. The lowest BCUT2D eigenvalue weighted by Gasteiger charge is -2.32. The fourth-order valence-corrected chi connectivity index (χ4v) is 5.63. The number of rotatable bonds is 7. The minimum Gasteiger partial charge on any atom is -0.507 e. The van der Waals surface area contributed by atoms with Gasteiger partial charge in [0.25, 0.3) is 0 Å². The number of hydrogen-bond acceptors (Lipinski definition) is 4. The molecule has 1 aliphatic heterocycles. The van der Waals surface area contributed by atoms with Crippen molar-refractivity contribution in [3.05, 3.63) is 57.6 Å². The minimum atomic E-state index is -0.613. The molecule has 1 fully saturated rings. The number of hydrogen-bond donors (Lipinski definition) is 2. The summed E-state index contributed by atoms with van der Waals surface area (Å²) in [6.07, 6.45) is 2.86. The topological polar surface area (TPSA) is 73.6 Å². The molecule has 3 rings (SSSR count). The van der Waals surface area contributed by atoms with Crippen LogP contribution in [0.25, 0.3) is 0 Å². The first kappa shape index (κ1) is 28.0. The molecular weight excluding hydrogens is 472 g/mol. The third-order valence-corrected chi connectivity index (χ3v) is 7.55. The number of aromatic hydroxyl groups is 1. The summed E-state index contributed by atoms with van der Waals surface area (Å²) in [7, 11) is 1.59. The van der Waals surface area contributed by atoms with E-state index in [9.17, 15) is 15.3 Å². The monoisotopic (exact) mass is 512 g/mol. The maximum absolute atomic E-state index is 12.7. The fraction of sp³-hybridized carbons (Fsp3) is 0.533. The highest BCUT2D eigenvalue weighted by atomic mass is 35.5. The predicted octanol–water partition coefficient (Wildman–Crippen LogP) is 7.38. The summed E-state index contributed by atoms with van der Waals surface area (Å²) in [5.74, 6) is 1.35. The normalized spacial score (nSPS) is 19.5. The number of nitrogens with zero attached hydrogens (tertiary/aromatic N) is 1. The highest BCUT2D eigenvalue weighted by molar-refractivity contribution is 6.32. The Bertz CT molecular complexity index is 1090. The largest absolute Gasteiger partial charge is 0.507 e. The molecule has 1 unspecified atom stereocenters. The second-order valence-corrected chi connectivity index (χ2v) is 12.4. The van der Waals surface area contributed by atoms with Crippen LogP contribution in [-0.2, 0) is 15.6 Å². The predicted molar refractivity (Wildman–Crippen MR) is 148 cm³/mol. The third-order valence-electron chi connectivity index (χ3n) is 7.26. The number of ether oxygens (including phenoxy) is 1. The number of benzene rings is 2. The van der Waals surface area contributed by atoms with Crippen molar-refractivity contribution >= 4 is 23.7 Å². The molecule has 2 aromatic rings. The smallest absolute Gasteiger partial charge is 0.147 e. The molecule has 0 amide bonds. The summed E-state index contributed by atoms with van der Waals surface area (Å²) in [6.45, 7) is 15.1. The van der Waals surface area contributed by atoms with Gasteiger partial charge in [-0.25, -0.2) is 0 Å². The van der Waals surface area contributed by atoms with Crippen LogP contribution in [0.5, 0.6) is 11.5 Å². The zero-order valence-electron chi connectivity index (χ0n) is 22.9. The SMILES string of the molecule is CCC[C@@H]1CN(C(C=O)c2cc(C(C)(C)C)c(O)c(C(C)(C)C)c2)C(=N)[C@@H]1c1ccc(OC)c(Cl)c1. The lowest BCUT2D eigenvalue weighted by atomic mass is 9.77. The average molecular weight is 513 g/mol. The summed E-state index contributed by atoms with van der Waals surface area (Å²) in [5.41, 5.74) is 2.79. The van der Waals surface area contributed by atoms with Crippen LogP contribution in [-0.4, -0.2) is 35.8 Å². The van der Waals surface area contributed by atoms with Crippen molar-refractivity contribution in [1.29, 1.82) is 5.41 Å². The van der Waals surface area contributed by atoms with E-state index in [-0.39, 0.29) is 28.4 Å². The number of methoxy groups -OCH3 is 1. The zero-order chi connectivity index (χ0) is 27.0. The van der Waals surface area contributed by atoms with Gasteiger partial charge in [0.15, 0.2) is 0 Å². The molecule has 0 bridgehead atoms. The minimum absolute atomic E-state index is 0.155. The van der Waals surface area contributed by atoms with Crippen molar-refractivity contribution in [3.8, 4) is 11.5 Å². The first-order valence-electron chi connectivity index (χ1n) is 12.8. The van der Waals surface area contributed by atoms with Gasteiger partial charge in [-0.2, -0.15) is 0 Å². The quantitative estimate of drug-likeness (QED) is 0.379. The van der Waals surface area contributed by atoms with Crippen molar-refractivity contribution < 1.29 is 14.6 Å². The molecule has 1 saturated heterocycles. The standard InChI is InChI=1S/C30H41ClN2O3/c1-9-10-19-16-33(28(32)26(19)18-11-12-25(36-8)23(31)15-18)24(17-34)20-13-21(29(2,3)4)27(35)22(14-20)30(5,6)7/h11-15,17,19,24,26,32,35H,9-10,16H2,1-8H3/t19-,24?,26-/m1/s1. The molecule has 3 atom stereocenters. The van der Waals surface area contributed by atoms with Gasteiger partial charge < -0.3 is 19.5 Å². The first-order valence-corrected chi connectivity index (χ1v) is 13.1. The molecule has 1 heterocycles. The van der Waals surface area contributed by atoms with E-state index in [0.717, 1.165) is 41.4 Å². The number of phenols is 1. The highest BCUT2D eigenvalue weighted by Gasteiger charge is 2.42. The number of phenolic OH excluding ortho intramolecular Hbond substituents is 1. The van der Waals surface area contributed by atoms with Gasteiger partial charge in [0.05, 0.1) is 12.1 Å². The third kappa shape index (κ3) is 5.41. The number of amidine groups is 1. The average Bonchev–Trinajstić information content (AvgIpc) is 3.09. The number of aldehydes is 1. The number of likely N-dealkylation sites (tertiary alicyclic amines) is 1. The number of halogens is 1. The summed E-state index contributed by atoms with van der Waals surface area (Å²) in [5, 5.41) is 20.9. The Morgan fingerprint density at radius 1 is 1.14 bits per heavy atom. The van der Waals surface area contributed by atoms with E-state index in [1.54, 1.807) is 7.11 Å². The van der Waals surface area contributed by atoms with Crippen molar-refractivity contribution in [2.75, 3.05) is 13.7 Å². The van der Waals surface area contributed by atoms with Gasteiger partial charge in [0.2, 0.25) is 0 Å². The molecule has 5 nitrogen and oxygen atoms in total. The van der Waals surface area contributed by atoms with Gasteiger partial charge in [0.1, 0.15) is 29.7 Å². The first-order chi connectivity index (χ1) is 16.7. The Balaban J connectivity index is 2.11. The van der Waals surface area contributed by atoms with E-state index >= 15 is 0 Å². The maximum atomic E-state index is 12.7. The van der Waals surface area contributed by atoms with Crippen molar-refractivity contribution in [2.24, 2.45) is 5.92 Å². The summed E-state index contributed by atoms with van der Waals surface area (Å²) in [6, 6.07) is 8.99. The Hall–Kier alpha value is -2.53. The van der Waals surface area contributed by atoms with Crippen LogP contribution in [0, 0.1) is 11.3 Å². The Morgan fingerprint density at radius 2 is 1.72 bits per heavy atom. The van der Waals surface area contributed by atoms with Crippen LogP contribution in [0.4, 0.5) is 0 Å². The van der Waals surface area contributed by atoms with Crippen LogP contribution in [0.15, 0.2) is 30.3 Å². The van der Waals surface area contributed by atoms with Crippen molar-refractivity contribution in [2.45, 2.75) is 84.1 Å². The van der Waals surface area contributed by atoms with Crippen molar-refractivity contribution in [3.63, 3.8) is 0 Å². The second kappa shape index (κ2) is 10.5. The lowest BCUT2D eigenvalue weighted by Crippen LogP contribution is -2.32. The lowest BCUT2D eigenvalue weighted by molar-refractivity contribution is -0.111. The van der Waals surface area contributed by atoms with Gasteiger partial charge in [0, 0.05) is 12.5 Å². The van der Waals surface area contributed by atoms with Crippen LogP contribution in [0.1, 0.15) is 95.5 Å². The highest BCUT2D eigenvalue weighted by Crippen LogP contribution is 2.45. The van der Waals surface area contributed by atoms with E-state index in [1.165, 1.54) is 0 Å². The molecule has 0 saturated carbocycles. The van der Waals surface area contributed by atoms with Crippen LogP contribution in [0.3, 0.4) is 0 Å². The summed E-state index contributed by atoms with van der Waals surface area (Å²) >= 11 is 6.45. The van der Waals surface area contributed by atoms with Crippen LogP contribution >= 0.6 is 11.6 Å². The number of carbonyl (C=O) groups excluding carboxylic acids is 1. The number of nitrogens with one attached hydrogen (secondary N) is 1. The molecule has 6 heteroatoms. The van der Waals surface area contributed by atoms with E-state index in [4.69, 9.17) is 16.3 Å². The molecule has 2 aromatic carbocycles. The molecule has 196 valence electrons. The Morgan fingerprint density at radius 3 is 2.17 bits per heavy atom. The Kier molecular flexibility index (Phi) is 8.14. The molecule has 2 N–H and O–H groups in total. The van der Waals surface area contributed by atoms with Crippen LogP contribution in [0.2, 0.25) is 5.02 Å². The maximum Gasteiger partial charge on any atom is 0.147 e. The summed E-state index contributed by atoms with van der Waals surface area (Å²) < 4.78 is 5.32. The molecule has 0 radical (unpaired) electrons. The molecule has 0 spiro atoms. The number of carbonyl (C=O) groups is 1. The van der Waals surface area contributed by atoms with E-state index in [0.29, 0.717) is 23.2 Å². The zero-order valence-corrected chi connectivity index (χ0v) is 23.7. The van der Waals surface area contributed by atoms with Gasteiger partial charge in [-0.05, 0) is 69.7 Å². The van der Waals surface area contributed by atoms with E-state index < -0.39 is 6.04 Å². The van der Waals surface area contributed by atoms with Gasteiger partial charge in [-0.3, -0.25) is 5.41 Å².